The summed E-state index contributed by atoms with van der Waals surface area (Å²) in [5, 5.41) is 13.9. The van der Waals surface area contributed by atoms with Gasteiger partial charge in [0, 0.05) is 18.7 Å². The minimum atomic E-state index is -0.396. The number of rotatable bonds is 5. The second-order valence-corrected chi connectivity index (χ2v) is 3.98. The highest BCUT2D eigenvalue weighted by Gasteiger charge is 2.06. The van der Waals surface area contributed by atoms with Crippen molar-refractivity contribution in [2.75, 3.05) is 12.4 Å². The Bertz CT molecular complexity index is 584. The maximum absolute atomic E-state index is 10.7. The first-order valence-corrected chi connectivity index (χ1v) is 5.81. The zero-order valence-corrected chi connectivity index (χ0v) is 10.5. The van der Waals surface area contributed by atoms with E-state index in [0.717, 1.165) is 17.0 Å². The number of para-hydroxylation sites is 2. The van der Waals surface area contributed by atoms with Crippen molar-refractivity contribution in [2.24, 2.45) is 0 Å². The molecule has 0 atom stereocenters. The van der Waals surface area contributed by atoms with Gasteiger partial charge in [-0.1, -0.05) is 24.3 Å². The van der Waals surface area contributed by atoms with Crippen LogP contribution in [0.15, 0.2) is 48.5 Å². The van der Waals surface area contributed by atoms with E-state index < -0.39 is 4.92 Å². The van der Waals surface area contributed by atoms with E-state index in [1.54, 1.807) is 19.2 Å². The highest BCUT2D eigenvalue weighted by molar-refractivity contribution is 5.56. The number of benzene rings is 2. The number of non-ortho nitro benzene ring substituents is 1. The minimum Gasteiger partial charge on any atom is -0.495 e. The molecule has 19 heavy (non-hydrogen) atoms. The third-order valence-corrected chi connectivity index (χ3v) is 2.71. The third kappa shape index (κ3) is 3.22. The van der Waals surface area contributed by atoms with E-state index >= 15 is 0 Å². The molecule has 98 valence electrons. The molecule has 0 aliphatic carbocycles. The molecule has 5 nitrogen and oxygen atoms in total. The summed E-state index contributed by atoms with van der Waals surface area (Å²) in [4.78, 5) is 10.3. The fourth-order valence-electron chi connectivity index (χ4n) is 1.77. The van der Waals surface area contributed by atoms with Gasteiger partial charge in [-0.3, -0.25) is 10.1 Å². The zero-order chi connectivity index (χ0) is 13.7. The smallest absolute Gasteiger partial charge is 0.269 e. The van der Waals surface area contributed by atoms with Crippen molar-refractivity contribution in [3.05, 3.63) is 64.2 Å². The molecule has 0 bridgehead atoms. The summed E-state index contributed by atoms with van der Waals surface area (Å²) in [7, 11) is 1.61. The van der Waals surface area contributed by atoms with Crippen LogP contribution in [-0.2, 0) is 6.54 Å². The van der Waals surface area contributed by atoms with Gasteiger partial charge in [-0.15, -0.1) is 0 Å². The molecule has 0 aromatic heterocycles. The lowest BCUT2D eigenvalue weighted by molar-refractivity contribution is -0.384. The number of ether oxygens (including phenoxy) is 1. The van der Waals surface area contributed by atoms with Gasteiger partial charge in [-0.25, -0.2) is 0 Å². The SMILES string of the molecule is COc1ccccc1NCc1cccc([N+](=O)[O-])c1. The van der Waals surface area contributed by atoms with Crippen LogP contribution in [0.4, 0.5) is 11.4 Å². The Morgan fingerprint density at radius 1 is 1.21 bits per heavy atom. The Kier molecular flexibility index (Phi) is 3.97. The van der Waals surface area contributed by atoms with E-state index in [9.17, 15) is 10.1 Å². The summed E-state index contributed by atoms with van der Waals surface area (Å²) in [5.41, 5.74) is 1.80. The molecule has 0 saturated carbocycles. The van der Waals surface area contributed by atoms with Crippen LogP contribution in [0.3, 0.4) is 0 Å². The molecular weight excluding hydrogens is 244 g/mol. The standard InChI is InChI=1S/C14H14N2O3/c1-19-14-8-3-2-7-13(14)15-10-11-5-4-6-12(9-11)16(17)18/h2-9,15H,10H2,1H3. The van der Waals surface area contributed by atoms with E-state index in [2.05, 4.69) is 5.32 Å². The second kappa shape index (κ2) is 5.86. The van der Waals surface area contributed by atoms with E-state index in [0.29, 0.717) is 6.54 Å². The van der Waals surface area contributed by atoms with Crippen molar-refractivity contribution in [3.63, 3.8) is 0 Å². The average molecular weight is 258 g/mol. The zero-order valence-electron chi connectivity index (χ0n) is 10.5. The summed E-state index contributed by atoms with van der Waals surface area (Å²) in [5.74, 6) is 0.743. The predicted molar refractivity (Wildman–Crippen MR) is 73.4 cm³/mol. The fraction of sp³-hybridized carbons (Fsp3) is 0.143. The molecule has 0 saturated heterocycles. The molecule has 0 unspecified atom stereocenters. The topological polar surface area (TPSA) is 64.4 Å². The number of nitro groups is 1. The largest absolute Gasteiger partial charge is 0.495 e. The molecule has 0 fully saturated rings. The molecule has 5 heteroatoms. The van der Waals surface area contributed by atoms with Gasteiger partial charge in [-0.05, 0) is 17.7 Å². The van der Waals surface area contributed by atoms with Crippen LogP contribution in [0.25, 0.3) is 0 Å². The van der Waals surface area contributed by atoms with Crippen molar-refractivity contribution in [1.82, 2.24) is 0 Å². The molecule has 0 heterocycles. The minimum absolute atomic E-state index is 0.0966. The van der Waals surface area contributed by atoms with Crippen LogP contribution >= 0.6 is 0 Å². The Morgan fingerprint density at radius 2 is 2.00 bits per heavy atom. The number of hydrogen-bond donors (Lipinski definition) is 1. The van der Waals surface area contributed by atoms with Crippen molar-refractivity contribution < 1.29 is 9.66 Å². The number of nitro benzene ring substituents is 1. The van der Waals surface area contributed by atoms with Gasteiger partial charge < -0.3 is 10.1 Å². The molecule has 0 spiro atoms. The molecule has 0 radical (unpaired) electrons. The predicted octanol–water partition coefficient (Wildman–Crippen LogP) is 3.22. The van der Waals surface area contributed by atoms with Crippen molar-refractivity contribution in [3.8, 4) is 5.75 Å². The summed E-state index contributed by atoms with van der Waals surface area (Å²) < 4.78 is 5.22. The Balaban J connectivity index is 2.10. The number of nitrogens with one attached hydrogen (secondary N) is 1. The molecule has 2 aromatic carbocycles. The van der Waals surface area contributed by atoms with Crippen LogP contribution in [-0.4, -0.2) is 12.0 Å². The first-order chi connectivity index (χ1) is 9.20. The number of nitrogens with zero attached hydrogens (tertiary/aromatic N) is 1. The monoisotopic (exact) mass is 258 g/mol. The van der Waals surface area contributed by atoms with Crippen molar-refractivity contribution in [1.29, 1.82) is 0 Å². The van der Waals surface area contributed by atoms with Crippen molar-refractivity contribution >= 4 is 11.4 Å². The molecule has 2 rings (SSSR count). The lowest BCUT2D eigenvalue weighted by Gasteiger charge is -2.10. The number of hydrogen-bond acceptors (Lipinski definition) is 4. The van der Waals surface area contributed by atoms with Gasteiger partial charge in [0.2, 0.25) is 0 Å². The second-order valence-electron chi connectivity index (χ2n) is 3.98. The summed E-state index contributed by atoms with van der Waals surface area (Å²) in [6.45, 7) is 0.502. The van der Waals surface area contributed by atoms with Crippen LogP contribution in [0.2, 0.25) is 0 Å². The fourth-order valence-corrected chi connectivity index (χ4v) is 1.77. The number of anilines is 1. The molecule has 0 aliphatic heterocycles. The molecule has 0 aliphatic rings. The van der Waals surface area contributed by atoms with Crippen LogP contribution in [0.1, 0.15) is 5.56 Å². The maximum atomic E-state index is 10.7. The highest BCUT2D eigenvalue weighted by atomic mass is 16.6. The van der Waals surface area contributed by atoms with Gasteiger partial charge >= 0.3 is 0 Å². The highest BCUT2D eigenvalue weighted by Crippen LogP contribution is 2.24. The van der Waals surface area contributed by atoms with E-state index in [4.69, 9.17) is 4.74 Å². The van der Waals surface area contributed by atoms with Gasteiger partial charge in [0.15, 0.2) is 0 Å². The van der Waals surface area contributed by atoms with Crippen LogP contribution in [0, 0.1) is 10.1 Å². The molecular formula is C14H14N2O3. The van der Waals surface area contributed by atoms with E-state index in [1.165, 1.54) is 6.07 Å². The number of methoxy groups -OCH3 is 1. The van der Waals surface area contributed by atoms with E-state index in [-0.39, 0.29) is 5.69 Å². The summed E-state index contributed by atoms with van der Waals surface area (Å²) >= 11 is 0. The van der Waals surface area contributed by atoms with Gasteiger partial charge in [0.05, 0.1) is 17.7 Å². The molecule has 2 aromatic rings. The first-order valence-electron chi connectivity index (χ1n) is 5.81. The van der Waals surface area contributed by atoms with Crippen LogP contribution < -0.4 is 10.1 Å². The lowest BCUT2D eigenvalue weighted by Crippen LogP contribution is -2.01. The normalized spacial score (nSPS) is 9.95. The van der Waals surface area contributed by atoms with Crippen LogP contribution in [0.5, 0.6) is 5.75 Å². The summed E-state index contributed by atoms with van der Waals surface area (Å²) in [6.07, 6.45) is 0. The Morgan fingerprint density at radius 3 is 2.74 bits per heavy atom. The quantitative estimate of drug-likeness (QED) is 0.660. The van der Waals surface area contributed by atoms with Crippen molar-refractivity contribution in [2.45, 2.75) is 6.54 Å². The first kappa shape index (κ1) is 12.9. The maximum Gasteiger partial charge on any atom is 0.269 e. The van der Waals surface area contributed by atoms with Gasteiger partial charge in [0.25, 0.3) is 5.69 Å². The van der Waals surface area contributed by atoms with E-state index in [1.807, 2.05) is 30.3 Å². The molecule has 0 amide bonds. The Labute approximate surface area is 111 Å². The average Bonchev–Trinajstić information content (AvgIpc) is 2.45. The molecule has 1 N–H and O–H groups in total. The lowest BCUT2D eigenvalue weighted by atomic mass is 10.2. The van der Waals surface area contributed by atoms with Gasteiger partial charge in [0.1, 0.15) is 5.75 Å². The Hall–Kier alpha value is -2.56. The third-order valence-electron chi connectivity index (χ3n) is 2.71. The summed E-state index contributed by atoms with van der Waals surface area (Å²) in [6, 6.07) is 14.1. The van der Waals surface area contributed by atoms with Gasteiger partial charge in [-0.2, -0.15) is 0 Å².